The Morgan fingerprint density at radius 1 is 0.475 bits per heavy atom. The Hall–Kier alpha value is -2.19. The molecule has 0 bridgehead atoms. The minimum absolute atomic E-state index is 0. The maximum atomic E-state index is 2.74. The molecule has 0 radical (unpaired) electrons. The Morgan fingerprint density at radius 3 is 1.07 bits per heavy atom. The molecule has 0 amide bonds. The Morgan fingerprint density at radius 2 is 0.797 bits per heavy atom. The van der Waals surface area contributed by atoms with Crippen LogP contribution < -0.4 is 24.8 Å². The Labute approximate surface area is 377 Å². The van der Waals surface area contributed by atoms with Gasteiger partial charge in [0.05, 0.1) is 0 Å². The van der Waals surface area contributed by atoms with Gasteiger partial charge in [0.25, 0.3) is 0 Å². The van der Waals surface area contributed by atoms with E-state index in [-0.39, 0.29) is 46.5 Å². The van der Waals surface area contributed by atoms with Gasteiger partial charge in [-0.1, -0.05) is 0 Å². The molecule has 3 aliphatic rings. The van der Waals surface area contributed by atoms with Gasteiger partial charge in [-0.05, 0) is 0 Å². The van der Waals surface area contributed by atoms with Crippen LogP contribution in [0.3, 0.4) is 0 Å². The van der Waals surface area contributed by atoms with E-state index in [0.29, 0.717) is 7.35 Å². The second kappa shape index (κ2) is 17.5. The maximum absolute atomic E-state index is 3.11. The molecular weight excluding hydrogens is 922 g/mol. The van der Waals surface area contributed by atoms with Gasteiger partial charge in [0.15, 0.2) is 0 Å². The minimum atomic E-state index is -3.11. The number of halogens is 2. The van der Waals surface area contributed by atoms with Crippen LogP contribution in [0.5, 0.6) is 0 Å². The van der Waals surface area contributed by atoms with E-state index in [1.165, 1.54) is 91.4 Å². The van der Waals surface area contributed by atoms with E-state index in [0.717, 1.165) is 0 Å². The molecule has 0 N–H and O–H groups in total. The molecule has 2 aliphatic carbocycles. The zero-order valence-corrected chi connectivity index (χ0v) is 44.3. The van der Waals surface area contributed by atoms with Crippen molar-refractivity contribution < 1.29 is 44.8 Å². The molecule has 0 nitrogen and oxygen atoms in total. The second-order valence-electron chi connectivity index (χ2n) is 22.5. The van der Waals surface area contributed by atoms with Gasteiger partial charge in [-0.15, -0.1) is 0 Å². The summed E-state index contributed by atoms with van der Waals surface area (Å²) in [5.74, 6) is 0. The van der Waals surface area contributed by atoms with Gasteiger partial charge in [-0.2, -0.15) is 0 Å². The van der Waals surface area contributed by atoms with Crippen LogP contribution in [0.25, 0.3) is 34.4 Å². The van der Waals surface area contributed by atoms with Crippen LogP contribution in [-0.4, -0.2) is 0 Å². The first-order valence-corrected chi connectivity index (χ1v) is 31.9. The molecule has 0 spiro atoms. The average molecular weight is 997 g/mol. The molecule has 7 rings (SSSR count). The first kappa shape index (κ1) is 47.9. The van der Waals surface area contributed by atoms with E-state index in [9.17, 15) is 0 Å². The monoisotopic (exact) mass is 996 g/mol. The molecule has 1 heterocycles. The van der Waals surface area contributed by atoms with E-state index < -0.39 is 20.0 Å². The first-order valence-electron chi connectivity index (χ1n) is 22.7. The fourth-order valence-electron chi connectivity index (χ4n) is 10.2. The fraction of sp³-hybridized carbons (Fsp3) is 0.500. The van der Waals surface area contributed by atoms with E-state index in [1.54, 1.807) is 33.4 Å². The van der Waals surface area contributed by atoms with Gasteiger partial charge >= 0.3 is 356 Å². The van der Waals surface area contributed by atoms with Gasteiger partial charge in [-0.3, -0.25) is 0 Å². The number of rotatable bonds is 10. The molecule has 1 aliphatic heterocycles. The Kier molecular flexibility index (Phi) is 14.2. The van der Waals surface area contributed by atoms with Crippen molar-refractivity contribution in [2.75, 3.05) is 0 Å². The van der Waals surface area contributed by atoms with Crippen molar-refractivity contribution in [2.45, 2.75) is 173 Å². The molecule has 4 aromatic carbocycles. The molecule has 59 heavy (non-hydrogen) atoms. The topological polar surface area (TPSA) is 0 Å². The molecule has 4 aromatic rings. The van der Waals surface area contributed by atoms with Gasteiger partial charge < -0.3 is 24.8 Å². The van der Waals surface area contributed by atoms with Crippen LogP contribution in [0.2, 0.25) is 8.35 Å². The molecule has 0 saturated carbocycles. The number of hydrogen-bond donors (Lipinski definition) is 0. The standard InChI is InChI=1S/2C27H35.C2H4.2ClH.Hf/c2*1-8-9-11-19-14-20-12-10-13-24(25(20)15-19)21-16-22(26(2,3)4)18-23(17-21)27(5,6)7;1-2;;;/h2*10,12-18H,8-9,11H2,1-7H3;1-2H2;2*1H;/q;;;;;+2/p-2. The Balaban J connectivity index is 0.00000331. The van der Waals surface area contributed by atoms with Gasteiger partial charge in [-0.25, -0.2) is 0 Å². The van der Waals surface area contributed by atoms with Crippen LogP contribution in [0.1, 0.15) is 187 Å². The van der Waals surface area contributed by atoms with Crippen molar-refractivity contribution in [3.8, 4) is 22.3 Å². The van der Waals surface area contributed by atoms with Crippen molar-refractivity contribution in [3.63, 3.8) is 0 Å². The van der Waals surface area contributed by atoms with Crippen LogP contribution in [0.15, 0.2) is 83.9 Å². The second-order valence-corrected chi connectivity index (χ2v) is 39.1. The number of benzene rings is 4. The predicted octanol–water partition coefficient (Wildman–Crippen LogP) is 11.2. The van der Waals surface area contributed by atoms with E-state index in [4.69, 9.17) is 0 Å². The largest absolute Gasteiger partial charge is 1.00 e. The predicted molar refractivity (Wildman–Crippen MR) is 249 cm³/mol. The van der Waals surface area contributed by atoms with Crippen molar-refractivity contribution >= 4 is 12.2 Å². The van der Waals surface area contributed by atoms with Crippen molar-refractivity contribution in [2.24, 2.45) is 0 Å². The summed E-state index contributed by atoms with van der Waals surface area (Å²) in [6, 6.07) is 29.9. The van der Waals surface area contributed by atoms with Crippen LogP contribution in [0.4, 0.5) is 0 Å². The molecular formula is C56H74Cl2Hf. The average Bonchev–Trinajstić information content (AvgIpc) is 3.68. The Bertz CT molecular complexity index is 2000. The van der Waals surface area contributed by atoms with E-state index in [2.05, 4.69) is 182 Å². The summed E-state index contributed by atoms with van der Waals surface area (Å²) >= 11 is -3.11. The maximum Gasteiger partial charge on any atom is -1.00 e. The van der Waals surface area contributed by atoms with Crippen molar-refractivity contribution in [3.05, 3.63) is 128 Å². The third-order valence-corrected chi connectivity index (χ3v) is 33.0. The first-order chi connectivity index (χ1) is 26.7. The number of allylic oxidation sites excluding steroid dienone is 2. The third kappa shape index (κ3) is 9.44. The normalized spacial score (nSPS) is 17.8. The van der Waals surface area contributed by atoms with Gasteiger partial charge in [0.2, 0.25) is 0 Å². The molecule has 3 heteroatoms. The molecule has 0 aromatic heterocycles. The summed E-state index contributed by atoms with van der Waals surface area (Å²) in [5.41, 5.74) is 21.9. The van der Waals surface area contributed by atoms with E-state index in [1.807, 2.05) is 0 Å². The molecule has 2 atom stereocenters. The summed E-state index contributed by atoms with van der Waals surface area (Å²) < 4.78 is 4.38. The number of unbranched alkanes of at least 4 members (excludes halogenated alkanes) is 2. The molecule has 1 fully saturated rings. The van der Waals surface area contributed by atoms with Crippen LogP contribution in [-0.2, 0) is 41.6 Å². The summed E-state index contributed by atoms with van der Waals surface area (Å²) in [4.78, 5) is 0. The number of fused-ring (bicyclic) bond motifs is 2. The van der Waals surface area contributed by atoms with Gasteiger partial charge in [0.1, 0.15) is 0 Å². The molecule has 2 unspecified atom stereocenters. The summed E-state index contributed by atoms with van der Waals surface area (Å²) in [5, 5.41) is 0. The smallest absolute Gasteiger partial charge is 1.00 e. The van der Waals surface area contributed by atoms with Crippen molar-refractivity contribution in [1.82, 2.24) is 0 Å². The molecule has 1 saturated heterocycles. The molecule has 316 valence electrons. The zero-order valence-electron chi connectivity index (χ0n) is 39.2. The summed E-state index contributed by atoms with van der Waals surface area (Å²) in [7, 11) is 0. The number of hydrogen-bond acceptors (Lipinski definition) is 0. The van der Waals surface area contributed by atoms with Crippen LogP contribution in [0, 0.1) is 0 Å². The SMILES string of the molecule is CCCCC1=Cc2c(-c3cc(C(C)(C)C)cc(C(C)(C)C)c3)cccc2[CH]1[Hf+2]1([CH]2C(CCCC)=Cc3c(-c4cc(C(C)(C)C)cc(C(C)(C)C)c4)cccc32)[CH2][CH2]1.[Cl-].[Cl-]. The van der Waals surface area contributed by atoms with E-state index >= 15 is 0 Å². The van der Waals surface area contributed by atoms with Crippen LogP contribution >= 0.6 is 0 Å². The zero-order chi connectivity index (χ0) is 41.3. The quantitative estimate of drug-likeness (QED) is 0.139. The summed E-state index contributed by atoms with van der Waals surface area (Å²) in [6.07, 6.45) is 13.0. The van der Waals surface area contributed by atoms with Gasteiger partial charge in [0, 0.05) is 0 Å². The summed E-state index contributed by atoms with van der Waals surface area (Å²) in [6.45, 7) is 33.2. The third-order valence-electron chi connectivity index (χ3n) is 13.9. The minimum Gasteiger partial charge on any atom is -1.00 e. The fourth-order valence-corrected chi connectivity index (χ4v) is 38.2. The van der Waals surface area contributed by atoms with Crippen molar-refractivity contribution in [1.29, 1.82) is 0 Å².